The topological polar surface area (TPSA) is 47.3 Å². The fraction of sp³-hybridized carbons (Fsp3) is 0.174. The molecule has 4 aromatic rings. The second kappa shape index (κ2) is 7.90. The molecule has 32 heavy (non-hydrogen) atoms. The Morgan fingerprint density at radius 3 is 2.28 bits per heavy atom. The second-order valence-corrected chi connectivity index (χ2v) is 7.36. The zero-order chi connectivity index (χ0) is 23.1. The molecule has 1 aromatic heterocycles. The molecule has 3 aromatic carbocycles. The SMILES string of the molecule is Cc1cc(F)ccc1OCC(O)(c1ccc2c(cnn2-c2ccc(F)cc2)c1)C(F)(F)F. The molecule has 1 unspecified atom stereocenters. The summed E-state index contributed by atoms with van der Waals surface area (Å²) < 4.78 is 74.9. The molecule has 0 aliphatic rings. The highest BCUT2D eigenvalue weighted by atomic mass is 19.4. The molecule has 0 spiro atoms. The molecule has 4 rings (SSSR count). The Morgan fingerprint density at radius 2 is 1.62 bits per heavy atom. The van der Waals surface area contributed by atoms with E-state index in [-0.39, 0.29) is 5.75 Å². The van der Waals surface area contributed by atoms with E-state index in [4.69, 9.17) is 4.74 Å². The average Bonchev–Trinajstić information content (AvgIpc) is 3.16. The van der Waals surface area contributed by atoms with Gasteiger partial charge in [0.05, 0.1) is 17.4 Å². The van der Waals surface area contributed by atoms with Crippen LogP contribution in [0.5, 0.6) is 5.75 Å². The number of fused-ring (bicyclic) bond motifs is 1. The number of halogens is 5. The normalized spacial score (nSPS) is 13.8. The summed E-state index contributed by atoms with van der Waals surface area (Å²) in [6.07, 6.45) is -3.70. The van der Waals surface area contributed by atoms with Crippen LogP contribution in [0.1, 0.15) is 11.1 Å². The van der Waals surface area contributed by atoms with Gasteiger partial charge in [-0.05, 0) is 72.6 Å². The van der Waals surface area contributed by atoms with Gasteiger partial charge in [0.15, 0.2) is 0 Å². The first kappa shape index (κ1) is 21.8. The minimum absolute atomic E-state index is 0.0271. The highest BCUT2D eigenvalue weighted by Crippen LogP contribution is 2.40. The maximum Gasteiger partial charge on any atom is 0.424 e. The summed E-state index contributed by atoms with van der Waals surface area (Å²) in [5, 5.41) is 15.1. The number of aliphatic hydroxyl groups is 1. The lowest BCUT2D eigenvalue weighted by Crippen LogP contribution is -2.47. The van der Waals surface area contributed by atoms with Crippen molar-refractivity contribution in [1.82, 2.24) is 9.78 Å². The fourth-order valence-electron chi connectivity index (χ4n) is 3.36. The first-order valence-corrected chi connectivity index (χ1v) is 9.51. The molecule has 9 heteroatoms. The van der Waals surface area contributed by atoms with E-state index in [1.807, 2.05) is 0 Å². The van der Waals surface area contributed by atoms with E-state index in [1.54, 1.807) is 0 Å². The van der Waals surface area contributed by atoms with Crippen molar-refractivity contribution in [3.8, 4) is 11.4 Å². The minimum atomic E-state index is -5.05. The molecule has 166 valence electrons. The molecular weight excluding hydrogens is 431 g/mol. The summed E-state index contributed by atoms with van der Waals surface area (Å²) in [5.41, 5.74) is -2.46. The molecule has 0 aliphatic heterocycles. The van der Waals surface area contributed by atoms with Gasteiger partial charge < -0.3 is 9.84 Å². The number of rotatable bonds is 5. The molecule has 1 heterocycles. The van der Waals surface area contributed by atoms with Crippen molar-refractivity contribution in [3.63, 3.8) is 0 Å². The van der Waals surface area contributed by atoms with Crippen molar-refractivity contribution in [1.29, 1.82) is 0 Å². The molecule has 0 amide bonds. The summed E-state index contributed by atoms with van der Waals surface area (Å²) >= 11 is 0. The molecule has 0 radical (unpaired) electrons. The van der Waals surface area contributed by atoms with Crippen molar-refractivity contribution in [3.05, 3.63) is 89.6 Å². The molecule has 0 bridgehead atoms. The molecule has 0 aliphatic carbocycles. The van der Waals surface area contributed by atoms with Crippen molar-refractivity contribution in [2.75, 3.05) is 6.61 Å². The zero-order valence-corrected chi connectivity index (χ0v) is 16.7. The third kappa shape index (κ3) is 3.91. The van der Waals surface area contributed by atoms with Gasteiger partial charge in [0, 0.05) is 5.39 Å². The number of ether oxygens (including phenoxy) is 1. The Labute approximate surface area is 179 Å². The Bertz CT molecular complexity index is 1270. The van der Waals surface area contributed by atoms with Crippen LogP contribution in [0.3, 0.4) is 0 Å². The van der Waals surface area contributed by atoms with E-state index in [0.29, 0.717) is 22.2 Å². The summed E-state index contributed by atoms with van der Waals surface area (Å²) in [6, 6.07) is 12.6. The second-order valence-electron chi connectivity index (χ2n) is 7.36. The highest BCUT2D eigenvalue weighted by molar-refractivity contribution is 5.81. The van der Waals surface area contributed by atoms with Crippen LogP contribution < -0.4 is 4.74 Å². The Kier molecular flexibility index (Phi) is 5.37. The molecule has 0 saturated heterocycles. The van der Waals surface area contributed by atoms with E-state index in [1.165, 1.54) is 60.3 Å². The Morgan fingerprint density at radius 1 is 0.938 bits per heavy atom. The van der Waals surface area contributed by atoms with Crippen LogP contribution in [0, 0.1) is 18.6 Å². The lowest BCUT2D eigenvalue weighted by molar-refractivity contribution is -0.275. The van der Waals surface area contributed by atoms with E-state index in [2.05, 4.69) is 5.10 Å². The summed E-state index contributed by atoms with van der Waals surface area (Å²) in [4.78, 5) is 0. The first-order valence-electron chi connectivity index (χ1n) is 9.51. The molecule has 0 saturated carbocycles. The van der Waals surface area contributed by atoms with Gasteiger partial charge in [-0.2, -0.15) is 18.3 Å². The van der Waals surface area contributed by atoms with Gasteiger partial charge in [0.1, 0.15) is 24.0 Å². The van der Waals surface area contributed by atoms with Crippen LogP contribution in [-0.4, -0.2) is 27.7 Å². The Hall–Kier alpha value is -3.46. The summed E-state index contributed by atoms with van der Waals surface area (Å²) in [6.45, 7) is 0.363. The summed E-state index contributed by atoms with van der Waals surface area (Å²) in [5.74, 6) is -0.956. The van der Waals surface area contributed by atoms with E-state index < -0.39 is 35.6 Å². The van der Waals surface area contributed by atoms with Crippen LogP contribution >= 0.6 is 0 Å². The lowest BCUT2D eigenvalue weighted by atomic mass is 9.93. The van der Waals surface area contributed by atoms with Gasteiger partial charge in [-0.3, -0.25) is 0 Å². The third-order valence-corrected chi connectivity index (χ3v) is 5.16. The minimum Gasteiger partial charge on any atom is -0.490 e. The van der Waals surface area contributed by atoms with Crippen molar-refractivity contribution in [2.24, 2.45) is 0 Å². The number of aromatic nitrogens is 2. The van der Waals surface area contributed by atoms with E-state index in [0.717, 1.165) is 18.2 Å². The first-order chi connectivity index (χ1) is 15.1. The Balaban J connectivity index is 1.70. The summed E-state index contributed by atoms with van der Waals surface area (Å²) in [7, 11) is 0. The van der Waals surface area contributed by atoms with Crippen LogP contribution in [0.25, 0.3) is 16.6 Å². The molecule has 1 N–H and O–H groups in total. The predicted molar refractivity (Wildman–Crippen MR) is 108 cm³/mol. The van der Waals surface area contributed by atoms with Gasteiger partial charge in [0.25, 0.3) is 0 Å². The van der Waals surface area contributed by atoms with Gasteiger partial charge in [-0.1, -0.05) is 6.07 Å². The van der Waals surface area contributed by atoms with Gasteiger partial charge in [0.2, 0.25) is 5.60 Å². The van der Waals surface area contributed by atoms with Crippen LogP contribution in [0.15, 0.2) is 66.9 Å². The van der Waals surface area contributed by atoms with Crippen LogP contribution in [0.2, 0.25) is 0 Å². The van der Waals surface area contributed by atoms with Crippen molar-refractivity contribution >= 4 is 10.9 Å². The average molecular weight is 448 g/mol. The predicted octanol–water partition coefficient (Wildman–Crippen LogP) is 5.44. The number of alkyl halides is 3. The van der Waals surface area contributed by atoms with Gasteiger partial charge >= 0.3 is 6.18 Å². The lowest BCUT2D eigenvalue weighted by Gasteiger charge is -2.31. The van der Waals surface area contributed by atoms with Crippen LogP contribution in [-0.2, 0) is 5.60 Å². The van der Waals surface area contributed by atoms with Crippen molar-refractivity contribution in [2.45, 2.75) is 18.7 Å². The zero-order valence-electron chi connectivity index (χ0n) is 16.7. The standard InChI is InChI=1S/C23H17F5N2O2/c1-14-10-18(25)5-9-21(14)32-13-22(31,23(26,27)28)16-2-8-20-15(11-16)12-29-30(20)19-6-3-17(24)4-7-19/h2-12,31H,13H2,1H3. The fourth-order valence-corrected chi connectivity index (χ4v) is 3.36. The molecule has 4 nitrogen and oxygen atoms in total. The molecule has 0 fully saturated rings. The highest BCUT2D eigenvalue weighted by Gasteiger charge is 2.56. The smallest absolute Gasteiger partial charge is 0.424 e. The molecule has 1 atom stereocenters. The number of benzene rings is 3. The monoisotopic (exact) mass is 448 g/mol. The largest absolute Gasteiger partial charge is 0.490 e. The van der Waals surface area contributed by atoms with E-state index >= 15 is 0 Å². The van der Waals surface area contributed by atoms with Gasteiger partial charge in [-0.25, -0.2) is 13.5 Å². The number of nitrogens with zero attached hydrogens (tertiary/aromatic N) is 2. The number of hydrogen-bond donors (Lipinski definition) is 1. The molecular formula is C23H17F5N2O2. The quantitative estimate of drug-likeness (QED) is 0.414. The number of aryl methyl sites for hydroxylation is 1. The van der Waals surface area contributed by atoms with Crippen molar-refractivity contribution < 1.29 is 31.8 Å². The maximum absolute atomic E-state index is 13.9. The van der Waals surface area contributed by atoms with Crippen LogP contribution in [0.4, 0.5) is 22.0 Å². The third-order valence-electron chi connectivity index (χ3n) is 5.16. The maximum atomic E-state index is 13.9. The van der Waals surface area contributed by atoms with E-state index in [9.17, 15) is 27.1 Å². The van der Waals surface area contributed by atoms with Gasteiger partial charge in [-0.15, -0.1) is 0 Å². The number of hydrogen-bond acceptors (Lipinski definition) is 3.